The second-order valence-corrected chi connectivity index (χ2v) is 16.0. The molecule has 3 rings (SSSR count). The van der Waals surface area contributed by atoms with Crippen LogP contribution in [0.1, 0.15) is 19.4 Å². The van der Waals surface area contributed by atoms with Crippen LogP contribution in [0.5, 0.6) is 0 Å². The van der Waals surface area contributed by atoms with E-state index in [1.165, 1.54) is 4.90 Å². The molecule has 1 aliphatic rings. The van der Waals surface area contributed by atoms with E-state index >= 15 is 0 Å². The molecule has 0 aliphatic carbocycles. The van der Waals surface area contributed by atoms with E-state index in [1.807, 2.05) is 56.3 Å². The minimum atomic E-state index is -1.26. The predicted molar refractivity (Wildman–Crippen MR) is 136 cm³/mol. The highest BCUT2D eigenvalue weighted by Crippen LogP contribution is 2.23. The maximum absolute atomic E-state index is 13.4. The van der Waals surface area contributed by atoms with Crippen molar-refractivity contribution in [2.75, 3.05) is 19.8 Å². The lowest BCUT2D eigenvalue weighted by Gasteiger charge is -2.27. The van der Waals surface area contributed by atoms with Crippen LogP contribution in [0.4, 0.5) is 4.79 Å². The highest BCUT2D eigenvalue weighted by atomic mass is 28.3. The van der Waals surface area contributed by atoms with Crippen molar-refractivity contribution in [3.63, 3.8) is 0 Å². The highest BCUT2D eigenvalue weighted by molar-refractivity contribution is 6.76. The molecule has 7 heteroatoms. The Morgan fingerprint density at radius 3 is 2.32 bits per heavy atom. The molecular weight excluding hydrogens is 446 g/mol. The first-order valence-corrected chi connectivity index (χ1v) is 15.7. The number of carbonyl (C=O) groups excluding carboxylic acids is 2. The molecule has 0 bridgehead atoms. The lowest BCUT2D eigenvalue weighted by Crippen LogP contribution is -2.49. The Bertz CT molecular complexity index is 940. The van der Waals surface area contributed by atoms with Crippen molar-refractivity contribution in [1.82, 2.24) is 4.90 Å². The summed E-state index contributed by atoms with van der Waals surface area (Å²) in [6.45, 7) is 11.9. The lowest BCUT2D eigenvalue weighted by molar-refractivity contribution is -0.147. The van der Waals surface area contributed by atoms with Crippen molar-refractivity contribution in [3.05, 3.63) is 60.2 Å². The summed E-state index contributed by atoms with van der Waals surface area (Å²) in [5.41, 5.74) is 3.21. The van der Waals surface area contributed by atoms with Crippen molar-refractivity contribution >= 4 is 20.1 Å². The van der Waals surface area contributed by atoms with Crippen LogP contribution in [-0.4, -0.2) is 56.9 Å². The molecule has 0 aromatic heterocycles. The Morgan fingerprint density at radius 2 is 1.71 bits per heavy atom. The van der Waals surface area contributed by atoms with E-state index in [1.54, 1.807) is 0 Å². The molecule has 0 radical (unpaired) electrons. The molecule has 0 unspecified atom stereocenters. The molecule has 0 spiro atoms. The van der Waals surface area contributed by atoms with Crippen LogP contribution in [0.3, 0.4) is 0 Å². The van der Waals surface area contributed by atoms with Crippen LogP contribution in [0, 0.1) is 5.92 Å². The molecule has 1 saturated heterocycles. The molecule has 1 heterocycles. The third-order valence-corrected chi connectivity index (χ3v) is 7.67. The van der Waals surface area contributed by atoms with Crippen LogP contribution in [0.25, 0.3) is 11.1 Å². The number of nitrogens with zero attached hydrogens (tertiary/aromatic N) is 1. The van der Waals surface area contributed by atoms with E-state index in [4.69, 9.17) is 14.2 Å². The van der Waals surface area contributed by atoms with Crippen LogP contribution < -0.4 is 0 Å². The molecule has 6 nitrogen and oxygen atoms in total. The quantitative estimate of drug-likeness (QED) is 0.308. The Kier molecular flexibility index (Phi) is 9.05. The number of amides is 2. The van der Waals surface area contributed by atoms with E-state index in [-0.39, 0.29) is 31.8 Å². The Labute approximate surface area is 204 Å². The number of rotatable bonds is 11. The summed E-state index contributed by atoms with van der Waals surface area (Å²) in [6.07, 6.45) is -1.48. The first-order valence-electron chi connectivity index (χ1n) is 12.0. The smallest absolute Gasteiger partial charge is 0.417 e. The topological polar surface area (TPSA) is 65.1 Å². The minimum Gasteiger partial charge on any atom is -0.447 e. The summed E-state index contributed by atoms with van der Waals surface area (Å²) in [5.74, 6) is -0.301. The van der Waals surface area contributed by atoms with Gasteiger partial charge in [-0.15, -0.1) is 0 Å². The van der Waals surface area contributed by atoms with Crippen molar-refractivity contribution in [1.29, 1.82) is 0 Å². The fourth-order valence-corrected chi connectivity index (χ4v) is 4.47. The maximum atomic E-state index is 13.4. The molecule has 34 heavy (non-hydrogen) atoms. The van der Waals surface area contributed by atoms with Gasteiger partial charge in [0.2, 0.25) is 0 Å². The van der Waals surface area contributed by atoms with Crippen LogP contribution in [0.2, 0.25) is 25.7 Å². The Hall–Kier alpha value is -2.48. The molecule has 0 saturated carbocycles. The molecule has 0 N–H and O–H groups in total. The zero-order chi connectivity index (χ0) is 24.7. The third-order valence-electron chi connectivity index (χ3n) is 5.97. The Balaban J connectivity index is 1.67. The monoisotopic (exact) mass is 483 g/mol. The summed E-state index contributed by atoms with van der Waals surface area (Å²) in [4.78, 5) is 26.9. The summed E-state index contributed by atoms with van der Waals surface area (Å²) < 4.78 is 17.1. The van der Waals surface area contributed by atoms with Gasteiger partial charge < -0.3 is 14.2 Å². The van der Waals surface area contributed by atoms with Gasteiger partial charge in [0.25, 0.3) is 5.91 Å². The van der Waals surface area contributed by atoms with E-state index < -0.39 is 26.2 Å². The largest absolute Gasteiger partial charge is 0.447 e. The molecular formula is C27H37NO5Si. The first-order chi connectivity index (χ1) is 16.2. The third kappa shape index (κ3) is 7.26. The number of benzene rings is 2. The van der Waals surface area contributed by atoms with Crippen molar-refractivity contribution in [2.24, 2.45) is 5.92 Å². The average Bonchev–Trinajstić information content (AvgIpc) is 3.20. The van der Waals surface area contributed by atoms with Crippen molar-refractivity contribution in [2.45, 2.75) is 58.3 Å². The van der Waals surface area contributed by atoms with Crippen LogP contribution >= 0.6 is 0 Å². The van der Waals surface area contributed by atoms with Crippen molar-refractivity contribution in [3.8, 4) is 11.1 Å². The fraction of sp³-hybridized carbons (Fsp3) is 0.481. The van der Waals surface area contributed by atoms with Gasteiger partial charge in [-0.3, -0.25) is 4.79 Å². The fourth-order valence-electron chi connectivity index (χ4n) is 3.72. The second kappa shape index (κ2) is 11.8. The number of cyclic esters (lactones) is 1. The predicted octanol–water partition coefficient (Wildman–Crippen LogP) is 5.60. The number of carbonyl (C=O) groups is 2. The van der Waals surface area contributed by atoms with Gasteiger partial charge in [-0.1, -0.05) is 88.1 Å². The van der Waals surface area contributed by atoms with Gasteiger partial charge in [-0.05, 0) is 28.7 Å². The summed E-state index contributed by atoms with van der Waals surface area (Å²) >= 11 is 0. The van der Waals surface area contributed by atoms with Gasteiger partial charge in [-0.25, -0.2) is 9.69 Å². The normalized spacial score (nSPS) is 17.2. The SMILES string of the molecule is CC(C)[C@H]1COC(=O)N1C(=O)[C@@H](COCC[Si](C)(C)C)OCc1ccc(-c2ccccc2)cc1. The summed E-state index contributed by atoms with van der Waals surface area (Å²) in [7, 11) is -1.26. The minimum absolute atomic E-state index is 0.0920. The molecule has 1 fully saturated rings. The van der Waals surface area contributed by atoms with Crippen LogP contribution in [0.15, 0.2) is 54.6 Å². The van der Waals surface area contributed by atoms with Gasteiger partial charge in [0.05, 0.1) is 19.3 Å². The van der Waals surface area contributed by atoms with Crippen LogP contribution in [-0.2, 0) is 25.6 Å². The number of hydrogen-bond donors (Lipinski definition) is 0. The first kappa shape index (κ1) is 26.1. The zero-order valence-corrected chi connectivity index (χ0v) is 22.0. The van der Waals surface area contributed by atoms with Crippen molar-refractivity contribution < 1.29 is 23.8 Å². The molecule has 2 amide bonds. The average molecular weight is 484 g/mol. The number of hydrogen-bond acceptors (Lipinski definition) is 5. The molecule has 2 aromatic carbocycles. The number of ether oxygens (including phenoxy) is 3. The lowest BCUT2D eigenvalue weighted by atomic mass is 10.0. The van der Waals surface area contributed by atoms with Gasteiger partial charge in [-0.2, -0.15) is 0 Å². The van der Waals surface area contributed by atoms with E-state index in [0.717, 1.165) is 22.7 Å². The molecule has 2 atom stereocenters. The summed E-state index contributed by atoms with van der Waals surface area (Å²) in [6, 6.07) is 18.9. The molecule has 1 aliphatic heterocycles. The number of imide groups is 1. The van der Waals surface area contributed by atoms with E-state index in [9.17, 15) is 9.59 Å². The van der Waals surface area contributed by atoms with Gasteiger partial charge >= 0.3 is 6.09 Å². The Morgan fingerprint density at radius 1 is 1.06 bits per heavy atom. The standard InChI is InChI=1S/C27H37NO5Si/c1-20(2)24-18-33-27(30)28(24)26(29)25(19-31-15-16-34(3,4)5)32-17-21-11-13-23(14-12-21)22-9-7-6-8-10-22/h6-14,20,24-25H,15-19H2,1-5H3/t24-,25-/m1/s1. The maximum Gasteiger partial charge on any atom is 0.417 e. The van der Waals surface area contributed by atoms with E-state index in [2.05, 4.69) is 31.8 Å². The van der Waals surface area contributed by atoms with Gasteiger partial charge in [0.15, 0.2) is 6.10 Å². The summed E-state index contributed by atoms with van der Waals surface area (Å²) in [5, 5.41) is 0. The van der Waals surface area contributed by atoms with E-state index in [0.29, 0.717) is 6.61 Å². The van der Waals surface area contributed by atoms with Gasteiger partial charge in [0.1, 0.15) is 6.61 Å². The molecule has 184 valence electrons. The highest BCUT2D eigenvalue weighted by Gasteiger charge is 2.42. The second-order valence-electron chi connectivity index (χ2n) is 10.3. The van der Waals surface area contributed by atoms with Gasteiger partial charge in [0, 0.05) is 14.7 Å². The molecule has 2 aromatic rings. The zero-order valence-electron chi connectivity index (χ0n) is 21.0.